The number of anilines is 1. The number of carbonyl (C=O) groups is 1. The predicted octanol–water partition coefficient (Wildman–Crippen LogP) is 5.49. The van der Waals surface area contributed by atoms with Gasteiger partial charge in [0.25, 0.3) is 0 Å². The minimum absolute atomic E-state index is 0.166. The van der Waals surface area contributed by atoms with Crippen LogP contribution in [0.3, 0.4) is 0 Å². The molecule has 0 fully saturated rings. The zero-order valence-electron chi connectivity index (χ0n) is 15.4. The molecule has 2 N–H and O–H groups in total. The number of aliphatic imine (C=N–C) groups is 1. The Bertz CT molecular complexity index is 1090. The number of rotatable bonds is 4. The monoisotopic (exact) mass is 424 g/mol. The van der Waals surface area contributed by atoms with E-state index in [1.807, 2.05) is 24.3 Å². The van der Waals surface area contributed by atoms with Crippen LogP contribution in [0.1, 0.15) is 23.1 Å². The molecule has 0 aliphatic carbocycles. The van der Waals surface area contributed by atoms with E-state index in [4.69, 9.17) is 28.2 Å². The summed E-state index contributed by atoms with van der Waals surface area (Å²) in [5, 5.41) is 13.8. The number of hydrogen-bond donors (Lipinski definition) is 2. The maximum absolute atomic E-state index is 12.9. The molecule has 3 aromatic rings. The molecule has 1 atom stereocenters. The van der Waals surface area contributed by atoms with E-state index < -0.39 is 6.04 Å². The quantitative estimate of drug-likeness (QED) is 0.581. The number of fused-ring (bicyclic) bond motifs is 1. The summed E-state index contributed by atoms with van der Waals surface area (Å²) in [4.78, 5) is 17.7. The van der Waals surface area contributed by atoms with E-state index in [9.17, 15) is 9.90 Å². The van der Waals surface area contributed by atoms with Crippen molar-refractivity contribution in [2.45, 2.75) is 18.9 Å². The first kappa shape index (κ1) is 19.5. The lowest BCUT2D eigenvalue weighted by Gasteiger charge is -2.12. The molecular weight excluding hydrogens is 407 g/mol. The van der Waals surface area contributed by atoms with Crippen molar-refractivity contribution in [3.8, 4) is 5.75 Å². The second-order valence-corrected chi connectivity index (χ2v) is 7.69. The van der Waals surface area contributed by atoms with Gasteiger partial charge < -0.3 is 10.4 Å². The Morgan fingerprint density at radius 3 is 2.52 bits per heavy atom. The fourth-order valence-corrected chi connectivity index (χ4v) is 3.76. The Hall–Kier alpha value is -2.82. The van der Waals surface area contributed by atoms with Gasteiger partial charge in [-0.05, 0) is 66.9 Å². The van der Waals surface area contributed by atoms with E-state index in [-0.39, 0.29) is 11.7 Å². The van der Waals surface area contributed by atoms with Gasteiger partial charge in [-0.15, -0.1) is 0 Å². The Balaban J connectivity index is 1.73. The molecule has 0 spiro atoms. The molecule has 1 amide bonds. The number of phenols is 1. The molecule has 0 bridgehead atoms. The number of aryl methyl sites for hydroxylation is 1. The van der Waals surface area contributed by atoms with Crippen molar-refractivity contribution in [3.63, 3.8) is 0 Å². The van der Waals surface area contributed by atoms with Crippen molar-refractivity contribution in [3.05, 3.63) is 93.5 Å². The van der Waals surface area contributed by atoms with E-state index in [1.54, 1.807) is 42.5 Å². The number of aromatic hydroxyl groups is 1. The minimum Gasteiger partial charge on any atom is -0.508 e. The van der Waals surface area contributed by atoms with Gasteiger partial charge in [-0.2, -0.15) is 0 Å². The third-order valence-electron chi connectivity index (χ3n) is 4.87. The lowest BCUT2D eigenvalue weighted by atomic mass is 10.00. The largest absolute Gasteiger partial charge is 0.508 e. The second kappa shape index (κ2) is 8.27. The lowest BCUT2D eigenvalue weighted by molar-refractivity contribution is -0.117. The minimum atomic E-state index is -0.582. The SMILES string of the molecule is O=C1Nc2ccc(Cl)cc2C(c2ccc(O)cc2)=NC1CCc1ccccc1Cl. The Kier molecular flexibility index (Phi) is 5.56. The molecule has 6 heteroatoms. The van der Waals surface area contributed by atoms with Crippen molar-refractivity contribution in [1.82, 2.24) is 0 Å². The summed E-state index contributed by atoms with van der Waals surface area (Å²) in [5.41, 5.74) is 3.84. The van der Waals surface area contributed by atoms with Gasteiger partial charge in [-0.3, -0.25) is 9.79 Å². The number of nitrogens with zero attached hydrogens (tertiary/aromatic N) is 1. The fraction of sp³-hybridized carbons (Fsp3) is 0.130. The zero-order valence-corrected chi connectivity index (χ0v) is 16.9. The fourth-order valence-electron chi connectivity index (χ4n) is 3.36. The molecule has 1 aliphatic heterocycles. The maximum Gasteiger partial charge on any atom is 0.249 e. The topological polar surface area (TPSA) is 61.7 Å². The van der Waals surface area contributed by atoms with Crippen LogP contribution in [0, 0.1) is 0 Å². The molecule has 1 aliphatic rings. The van der Waals surface area contributed by atoms with Crippen LogP contribution in [0.15, 0.2) is 71.7 Å². The van der Waals surface area contributed by atoms with E-state index >= 15 is 0 Å². The van der Waals surface area contributed by atoms with Gasteiger partial charge >= 0.3 is 0 Å². The number of phenolic OH excluding ortho intramolecular Hbond substituents is 1. The van der Waals surface area contributed by atoms with Crippen molar-refractivity contribution < 1.29 is 9.90 Å². The lowest BCUT2D eigenvalue weighted by Crippen LogP contribution is -2.26. The number of halogens is 2. The van der Waals surface area contributed by atoms with Gasteiger partial charge in [0, 0.05) is 21.2 Å². The number of hydrogen-bond acceptors (Lipinski definition) is 3. The summed E-state index contributed by atoms with van der Waals surface area (Å²) in [6, 6.07) is 19.1. The van der Waals surface area contributed by atoms with Gasteiger partial charge in [0.05, 0.1) is 11.4 Å². The molecule has 0 radical (unpaired) electrons. The third-order valence-corrected chi connectivity index (χ3v) is 5.47. The molecule has 1 unspecified atom stereocenters. The molecule has 29 heavy (non-hydrogen) atoms. The van der Waals surface area contributed by atoms with Crippen LogP contribution in [0.25, 0.3) is 0 Å². The number of benzodiazepines with no additional fused rings is 1. The molecule has 3 aromatic carbocycles. The average Bonchev–Trinajstić information content (AvgIpc) is 2.84. The first-order chi connectivity index (χ1) is 14.0. The van der Waals surface area contributed by atoms with Crippen LogP contribution in [-0.4, -0.2) is 22.8 Å². The van der Waals surface area contributed by atoms with Crippen molar-refractivity contribution in [2.24, 2.45) is 4.99 Å². The number of amides is 1. The van der Waals surface area contributed by atoms with Gasteiger partial charge in [0.1, 0.15) is 11.8 Å². The first-order valence-electron chi connectivity index (χ1n) is 9.22. The molecule has 0 aromatic heterocycles. The van der Waals surface area contributed by atoms with E-state index in [1.165, 1.54) is 0 Å². The van der Waals surface area contributed by atoms with Gasteiger partial charge in [-0.1, -0.05) is 41.4 Å². The molecule has 146 valence electrons. The van der Waals surface area contributed by atoms with Gasteiger partial charge in [-0.25, -0.2) is 0 Å². The number of benzene rings is 3. The summed E-state index contributed by atoms with van der Waals surface area (Å²) >= 11 is 12.5. The normalized spacial score (nSPS) is 15.9. The van der Waals surface area contributed by atoms with Crippen molar-refractivity contribution in [2.75, 3.05) is 5.32 Å². The Labute approximate surface area is 178 Å². The smallest absolute Gasteiger partial charge is 0.249 e. The van der Waals surface area contributed by atoms with Gasteiger partial charge in [0.15, 0.2) is 0 Å². The average molecular weight is 425 g/mol. The van der Waals surface area contributed by atoms with Gasteiger partial charge in [0.2, 0.25) is 5.91 Å². The summed E-state index contributed by atoms with van der Waals surface area (Å²) in [6.45, 7) is 0. The number of nitrogens with one attached hydrogen (secondary N) is 1. The number of carbonyl (C=O) groups excluding carboxylic acids is 1. The second-order valence-electron chi connectivity index (χ2n) is 6.85. The van der Waals surface area contributed by atoms with Crippen LogP contribution in [0.5, 0.6) is 5.75 Å². The molecule has 0 saturated carbocycles. The van der Waals surface area contributed by atoms with Crippen LogP contribution < -0.4 is 5.32 Å². The summed E-state index contributed by atoms with van der Waals surface area (Å²) in [6.07, 6.45) is 1.14. The molecular formula is C23H18Cl2N2O2. The molecule has 0 saturated heterocycles. The molecule has 4 rings (SSSR count). The van der Waals surface area contributed by atoms with E-state index in [0.717, 1.165) is 16.7 Å². The Morgan fingerprint density at radius 1 is 1.00 bits per heavy atom. The zero-order chi connectivity index (χ0) is 20.4. The molecule has 1 heterocycles. The summed E-state index contributed by atoms with van der Waals surface area (Å²) in [5.74, 6) is -0.00633. The summed E-state index contributed by atoms with van der Waals surface area (Å²) in [7, 11) is 0. The van der Waals surface area contributed by atoms with Crippen molar-refractivity contribution >= 4 is 40.5 Å². The highest BCUT2D eigenvalue weighted by Gasteiger charge is 2.26. The highest BCUT2D eigenvalue weighted by Crippen LogP contribution is 2.29. The highest BCUT2D eigenvalue weighted by molar-refractivity contribution is 6.32. The highest BCUT2D eigenvalue weighted by atomic mass is 35.5. The Morgan fingerprint density at radius 2 is 1.76 bits per heavy atom. The summed E-state index contributed by atoms with van der Waals surface area (Å²) < 4.78 is 0. The van der Waals surface area contributed by atoms with Crippen LogP contribution in [0.2, 0.25) is 10.0 Å². The van der Waals surface area contributed by atoms with E-state index in [0.29, 0.717) is 34.3 Å². The van der Waals surface area contributed by atoms with E-state index in [2.05, 4.69) is 5.32 Å². The third kappa shape index (κ3) is 4.29. The van der Waals surface area contributed by atoms with Crippen LogP contribution in [0.4, 0.5) is 5.69 Å². The predicted molar refractivity (Wildman–Crippen MR) is 117 cm³/mol. The van der Waals surface area contributed by atoms with Crippen LogP contribution in [-0.2, 0) is 11.2 Å². The maximum atomic E-state index is 12.9. The molecule has 4 nitrogen and oxygen atoms in total. The standard InChI is InChI=1S/C23H18Cl2N2O2/c24-16-8-12-20-18(13-16)22(15-5-9-17(28)10-6-15)26-21(23(29)27-20)11-7-14-3-1-2-4-19(14)25/h1-6,8-10,12-13,21,28H,7,11H2,(H,27,29). The first-order valence-corrected chi connectivity index (χ1v) is 9.98. The van der Waals surface area contributed by atoms with Crippen molar-refractivity contribution in [1.29, 1.82) is 0 Å². The van der Waals surface area contributed by atoms with Crippen LogP contribution >= 0.6 is 23.2 Å².